The molecule has 0 fully saturated rings. The molecule has 2 rings (SSSR count). The highest BCUT2D eigenvalue weighted by molar-refractivity contribution is 7.18. The van der Waals surface area contributed by atoms with Gasteiger partial charge in [-0.05, 0) is 24.6 Å². The Hall–Kier alpha value is -0.930. The molecule has 3 heteroatoms. The maximum atomic E-state index is 4.69. The molecule has 0 aliphatic rings. The van der Waals surface area contributed by atoms with E-state index in [1.165, 1.54) is 9.71 Å². The molecule has 1 unspecified atom stereocenters. The molecule has 0 amide bonds. The summed E-state index contributed by atoms with van der Waals surface area (Å²) in [7, 11) is 2.03. The molecule has 1 atom stereocenters. The normalized spacial score (nSPS) is 14.1. The average Bonchev–Trinajstić information content (AvgIpc) is 2.66. The number of nitrogens with zero attached hydrogens (tertiary/aromatic N) is 1. The number of fused-ring (bicyclic) bond motifs is 1. The maximum Gasteiger partial charge on any atom is 0.0954 e. The summed E-state index contributed by atoms with van der Waals surface area (Å²) in [5.41, 5.74) is 1.38. The van der Waals surface area contributed by atoms with Crippen LogP contribution >= 0.6 is 11.3 Å². The number of nitrogens with one attached hydrogen (secondary N) is 1. The number of aromatic nitrogens is 1. The molecule has 17 heavy (non-hydrogen) atoms. The van der Waals surface area contributed by atoms with Crippen LogP contribution in [-0.4, -0.2) is 18.1 Å². The summed E-state index contributed by atoms with van der Waals surface area (Å²) in [5, 5.41) is 4.62. The second kappa shape index (κ2) is 4.75. The summed E-state index contributed by atoms with van der Waals surface area (Å²) < 4.78 is 1.28. The van der Waals surface area contributed by atoms with Crippen molar-refractivity contribution in [1.82, 2.24) is 10.3 Å². The lowest BCUT2D eigenvalue weighted by Gasteiger charge is -2.29. The SMILES string of the molecule is CNC(Cc1nc2ccccc2s1)C(C)(C)C. The Kier molecular flexibility index (Phi) is 3.50. The summed E-state index contributed by atoms with van der Waals surface area (Å²) in [5.74, 6) is 0. The molecule has 0 aliphatic heterocycles. The first-order valence-electron chi connectivity index (χ1n) is 6.02. The first-order valence-corrected chi connectivity index (χ1v) is 6.84. The number of para-hydroxylation sites is 1. The van der Waals surface area contributed by atoms with Crippen molar-refractivity contribution >= 4 is 21.6 Å². The zero-order valence-corrected chi connectivity index (χ0v) is 11.8. The Morgan fingerprint density at radius 1 is 1.29 bits per heavy atom. The lowest BCUT2D eigenvalue weighted by atomic mass is 9.85. The molecule has 2 aromatic rings. The van der Waals surface area contributed by atoms with Gasteiger partial charge in [-0.1, -0.05) is 32.9 Å². The molecule has 0 spiro atoms. The number of benzene rings is 1. The molecule has 0 saturated heterocycles. The van der Waals surface area contributed by atoms with Gasteiger partial charge >= 0.3 is 0 Å². The zero-order valence-electron chi connectivity index (χ0n) is 10.9. The molecule has 0 bridgehead atoms. The Bertz CT molecular complexity index is 463. The van der Waals surface area contributed by atoms with Crippen molar-refractivity contribution in [2.45, 2.75) is 33.2 Å². The largest absolute Gasteiger partial charge is 0.316 e. The van der Waals surface area contributed by atoms with Gasteiger partial charge < -0.3 is 5.32 Å². The topological polar surface area (TPSA) is 24.9 Å². The predicted molar refractivity (Wildman–Crippen MR) is 75.6 cm³/mol. The van der Waals surface area contributed by atoms with E-state index in [1.807, 2.05) is 13.1 Å². The number of thiazole rings is 1. The minimum Gasteiger partial charge on any atom is -0.316 e. The number of rotatable bonds is 3. The van der Waals surface area contributed by atoms with Crippen LogP contribution in [0.15, 0.2) is 24.3 Å². The van der Waals surface area contributed by atoms with E-state index >= 15 is 0 Å². The standard InChI is InChI=1S/C14H20N2S/c1-14(2,3)12(15-4)9-13-16-10-7-5-6-8-11(10)17-13/h5-8,12,15H,9H2,1-4H3. The second-order valence-corrected chi connectivity index (χ2v) is 6.60. The monoisotopic (exact) mass is 248 g/mol. The molecule has 0 radical (unpaired) electrons. The molecule has 92 valence electrons. The van der Waals surface area contributed by atoms with Gasteiger partial charge in [0.1, 0.15) is 0 Å². The van der Waals surface area contributed by atoms with E-state index in [2.05, 4.69) is 44.3 Å². The van der Waals surface area contributed by atoms with Crippen LogP contribution < -0.4 is 5.32 Å². The van der Waals surface area contributed by atoms with Crippen molar-refractivity contribution in [2.24, 2.45) is 5.41 Å². The van der Waals surface area contributed by atoms with Crippen LogP contribution in [0.2, 0.25) is 0 Å². The van der Waals surface area contributed by atoms with Crippen molar-refractivity contribution in [1.29, 1.82) is 0 Å². The average molecular weight is 248 g/mol. The van der Waals surface area contributed by atoms with Gasteiger partial charge in [-0.2, -0.15) is 0 Å². The van der Waals surface area contributed by atoms with Gasteiger partial charge in [0.25, 0.3) is 0 Å². The fourth-order valence-corrected chi connectivity index (χ4v) is 3.04. The summed E-state index contributed by atoms with van der Waals surface area (Å²) in [6.45, 7) is 6.80. The summed E-state index contributed by atoms with van der Waals surface area (Å²) in [4.78, 5) is 4.69. The number of likely N-dealkylation sites (N-methyl/N-ethyl adjacent to an activating group) is 1. The fourth-order valence-electron chi connectivity index (χ4n) is 2.02. The third-order valence-corrected chi connectivity index (χ3v) is 4.17. The van der Waals surface area contributed by atoms with Crippen molar-refractivity contribution < 1.29 is 0 Å². The van der Waals surface area contributed by atoms with E-state index < -0.39 is 0 Å². The van der Waals surface area contributed by atoms with E-state index in [4.69, 9.17) is 4.98 Å². The highest BCUT2D eigenvalue weighted by Crippen LogP contribution is 2.27. The lowest BCUT2D eigenvalue weighted by Crippen LogP contribution is -2.39. The van der Waals surface area contributed by atoms with Gasteiger partial charge in [-0.25, -0.2) is 4.98 Å². The zero-order chi connectivity index (χ0) is 12.5. The minimum atomic E-state index is 0.257. The molecule has 1 heterocycles. The van der Waals surface area contributed by atoms with Gasteiger partial charge in [-0.15, -0.1) is 11.3 Å². The molecule has 1 N–H and O–H groups in total. The fraction of sp³-hybridized carbons (Fsp3) is 0.500. The van der Waals surface area contributed by atoms with E-state index in [0.29, 0.717) is 6.04 Å². The molecule has 0 saturated carbocycles. The quantitative estimate of drug-likeness (QED) is 0.899. The van der Waals surface area contributed by atoms with E-state index in [9.17, 15) is 0 Å². The van der Waals surface area contributed by atoms with Crippen LogP contribution in [0, 0.1) is 5.41 Å². The van der Waals surface area contributed by atoms with Crippen molar-refractivity contribution in [2.75, 3.05) is 7.05 Å². The molecule has 1 aromatic heterocycles. The first kappa shape index (κ1) is 12.5. The summed E-state index contributed by atoms with van der Waals surface area (Å²) in [6, 6.07) is 8.81. The van der Waals surface area contributed by atoms with Crippen molar-refractivity contribution in [3.05, 3.63) is 29.3 Å². The number of hydrogen-bond acceptors (Lipinski definition) is 3. The first-order chi connectivity index (χ1) is 8.00. The van der Waals surface area contributed by atoms with E-state index in [0.717, 1.165) is 11.9 Å². The Morgan fingerprint density at radius 3 is 2.59 bits per heavy atom. The van der Waals surface area contributed by atoms with Gasteiger partial charge in [-0.3, -0.25) is 0 Å². The minimum absolute atomic E-state index is 0.257. The Morgan fingerprint density at radius 2 is 2.00 bits per heavy atom. The third-order valence-electron chi connectivity index (χ3n) is 3.11. The Balaban J connectivity index is 2.23. The van der Waals surface area contributed by atoms with Crippen LogP contribution in [0.1, 0.15) is 25.8 Å². The maximum absolute atomic E-state index is 4.69. The Labute approximate surface area is 107 Å². The lowest BCUT2D eigenvalue weighted by molar-refractivity contribution is 0.280. The van der Waals surface area contributed by atoms with E-state index in [1.54, 1.807) is 11.3 Å². The van der Waals surface area contributed by atoms with E-state index in [-0.39, 0.29) is 5.41 Å². The van der Waals surface area contributed by atoms with Gasteiger partial charge in [0.2, 0.25) is 0 Å². The number of hydrogen-bond donors (Lipinski definition) is 1. The smallest absolute Gasteiger partial charge is 0.0954 e. The summed E-state index contributed by atoms with van der Waals surface area (Å²) in [6.07, 6.45) is 0.999. The van der Waals surface area contributed by atoms with Crippen LogP contribution in [-0.2, 0) is 6.42 Å². The van der Waals surface area contributed by atoms with Crippen molar-refractivity contribution in [3.63, 3.8) is 0 Å². The molecular weight excluding hydrogens is 228 g/mol. The highest BCUT2D eigenvalue weighted by atomic mass is 32.1. The summed E-state index contributed by atoms with van der Waals surface area (Å²) >= 11 is 1.81. The van der Waals surface area contributed by atoms with Crippen LogP contribution in [0.3, 0.4) is 0 Å². The van der Waals surface area contributed by atoms with Crippen LogP contribution in [0.25, 0.3) is 10.2 Å². The molecular formula is C14H20N2S. The molecule has 2 nitrogen and oxygen atoms in total. The predicted octanol–water partition coefficient (Wildman–Crippen LogP) is 3.47. The highest BCUT2D eigenvalue weighted by Gasteiger charge is 2.24. The second-order valence-electron chi connectivity index (χ2n) is 5.49. The van der Waals surface area contributed by atoms with Crippen molar-refractivity contribution in [3.8, 4) is 0 Å². The molecule has 1 aromatic carbocycles. The van der Waals surface area contributed by atoms with Gasteiger partial charge in [0.15, 0.2) is 0 Å². The van der Waals surface area contributed by atoms with Crippen LogP contribution in [0.4, 0.5) is 0 Å². The van der Waals surface area contributed by atoms with Gasteiger partial charge in [0.05, 0.1) is 15.2 Å². The van der Waals surface area contributed by atoms with Crippen LogP contribution in [0.5, 0.6) is 0 Å². The third kappa shape index (κ3) is 2.85. The van der Waals surface area contributed by atoms with Gasteiger partial charge in [0, 0.05) is 12.5 Å². The molecule has 0 aliphatic carbocycles.